The number of unbranched alkanes of at least 4 members (excludes halogenated alkanes) is 1. The van der Waals surface area contributed by atoms with Crippen LogP contribution in [0.5, 0.6) is 0 Å². The monoisotopic (exact) mass is 597 g/mol. The predicted octanol–water partition coefficient (Wildman–Crippen LogP) is 11.5. The van der Waals surface area contributed by atoms with E-state index in [1.54, 1.807) is 5.57 Å². The molecule has 1 fully saturated rings. The average Bonchev–Trinajstić information content (AvgIpc) is 3.28. The summed E-state index contributed by atoms with van der Waals surface area (Å²) in [5.74, 6) is 1.39. The van der Waals surface area contributed by atoms with E-state index < -0.39 is 16.6 Å². The van der Waals surface area contributed by atoms with Crippen molar-refractivity contribution in [2.24, 2.45) is 17.8 Å². The van der Waals surface area contributed by atoms with Crippen molar-refractivity contribution in [2.45, 2.75) is 195 Å². The maximum Gasteiger partial charge on any atom is 0.192 e. The molecule has 1 rings (SSSR count). The van der Waals surface area contributed by atoms with Gasteiger partial charge in [-0.3, -0.25) is 0 Å². The highest BCUT2D eigenvalue weighted by atomic mass is 28.4. The second kappa shape index (κ2) is 18.0. The lowest BCUT2D eigenvalue weighted by atomic mass is 9.79. The van der Waals surface area contributed by atoms with Gasteiger partial charge in [-0.1, -0.05) is 101 Å². The zero-order valence-electron chi connectivity index (χ0n) is 29.5. The van der Waals surface area contributed by atoms with E-state index in [9.17, 15) is 0 Å². The number of allylic oxidation sites excluding steroid dienone is 2. The second-order valence-corrected chi connectivity index (χ2v) is 22.9. The number of hydrogen-bond donors (Lipinski definition) is 0. The maximum atomic E-state index is 7.48. The lowest BCUT2D eigenvalue weighted by Gasteiger charge is -2.45. The van der Waals surface area contributed by atoms with Crippen LogP contribution in [0.3, 0.4) is 0 Å². The summed E-state index contributed by atoms with van der Waals surface area (Å²) in [6.07, 6.45) is 11.1. The van der Waals surface area contributed by atoms with Crippen LogP contribution in [0.1, 0.15) is 135 Å². The Morgan fingerprint density at radius 2 is 1.38 bits per heavy atom. The fourth-order valence-electron chi connectivity index (χ4n) is 7.78. The summed E-state index contributed by atoms with van der Waals surface area (Å²) in [5.41, 5.74) is 1.34. The first kappa shape index (κ1) is 38.1. The van der Waals surface area contributed by atoms with Crippen LogP contribution in [0.25, 0.3) is 0 Å². The Morgan fingerprint density at radius 3 is 1.80 bits per heavy atom. The Bertz CT molecular complexity index is 701. The van der Waals surface area contributed by atoms with Gasteiger partial charge in [-0.05, 0) is 93.5 Å². The van der Waals surface area contributed by atoms with Gasteiger partial charge in [0.15, 0.2) is 16.6 Å². The van der Waals surface area contributed by atoms with Crippen molar-refractivity contribution in [3.8, 4) is 0 Å². The Kier molecular flexibility index (Phi) is 17.1. The summed E-state index contributed by atoms with van der Waals surface area (Å²) in [4.78, 5) is 0. The largest absolute Gasteiger partial charge is 0.414 e. The number of ether oxygens (including phenoxy) is 1. The minimum absolute atomic E-state index is 0.136. The molecule has 1 aliphatic rings. The molecule has 7 atom stereocenters. The maximum absolute atomic E-state index is 7.48. The average molecular weight is 597 g/mol. The van der Waals surface area contributed by atoms with Crippen molar-refractivity contribution in [2.75, 3.05) is 0 Å². The van der Waals surface area contributed by atoms with E-state index in [4.69, 9.17) is 13.6 Å². The summed E-state index contributed by atoms with van der Waals surface area (Å²) < 4.78 is 22.1. The third kappa shape index (κ3) is 9.53. The molecule has 0 aromatic heterocycles. The molecule has 0 spiro atoms. The van der Waals surface area contributed by atoms with Crippen LogP contribution in [0.4, 0.5) is 0 Å². The van der Waals surface area contributed by atoms with Crippen LogP contribution in [-0.2, 0) is 13.6 Å². The van der Waals surface area contributed by atoms with E-state index in [1.165, 1.54) is 49.1 Å². The van der Waals surface area contributed by atoms with Crippen molar-refractivity contribution >= 4 is 16.6 Å². The molecule has 0 amide bonds. The summed E-state index contributed by atoms with van der Waals surface area (Å²) in [7, 11) is -3.51. The minimum Gasteiger partial charge on any atom is -0.414 e. The zero-order valence-corrected chi connectivity index (χ0v) is 31.5. The standard InChI is InChI=1S/C35H72O3Si2/c1-14-24-25-30(15-2)26-28(11)34(38-40(21-8,22-9)23-10)35(13)27-29(12)33(36-35)31(16-3)32(17-4)37-39(18-5,19-6)20-7/h25,28-29,31-34H,14-24,26-27H2,1-13H3/b30-25+/t28-,29+,31-,32-,33+,34-,35+/m1/s1. The second-order valence-electron chi connectivity index (χ2n) is 13.4. The Labute approximate surface area is 254 Å². The van der Waals surface area contributed by atoms with Crippen molar-refractivity contribution < 1.29 is 13.6 Å². The molecule has 40 heavy (non-hydrogen) atoms. The lowest BCUT2D eigenvalue weighted by molar-refractivity contribution is -0.139. The number of rotatable bonds is 21. The number of hydrogen-bond acceptors (Lipinski definition) is 3. The first-order chi connectivity index (χ1) is 19.0. The van der Waals surface area contributed by atoms with E-state index in [1.807, 2.05) is 0 Å². The highest BCUT2D eigenvalue weighted by molar-refractivity contribution is 6.74. The molecule has 3 nitrogen and oxygen atoms in total. The molecule has 0 radical (unpaired) electrons. The zero-order chi connectivity index (χ0) is 30.6. The Morgan fingerprint density at radius 1 is 0.850 bits per heavy atom. The molecule has 238 valence electrons. The summed E-state index contributed by atoms with van der Waals surface area (Å²) in [6, 6.07) is 7.19. The lowest BCUT2D eigenvalue weighted by Crippen LogP contribution is -2.53. The van der Waals surface area contributed by atoms with Crippen molar-refractivity contribution in [3.05, 3.63) is 11.6 Å². The minimum atomic E-state index is -1.82. The fourth-order valence-corrected chi connectivity index (χ4v) is 13.8. The molecule has 5 heteroatoms. The Balaban J connectivity index is 3.43. The van der Waals surface area contributed by atoms with Crippen molar-refractivity contribution in [1.82, 2.24) is 0 Å². The van der Waals surface area contributed by atoms with Gasteiger partial charge >= 0.3 is 0 Å². The fraction of sp³-hybridized carbons (Fsp3) is 0.943. The van der Waals surface area contributed by atoms with Crippen LogP contribution in [0.15, 0.2) is 11.6 Å². The first-order valence-corrected chi connectivity index (χ1v) is 22.7. The van der Waals surface area contributed by atoms with Crippen LogP contribution in [-0.4, -0.2) is 40.5 Å². The quantitative estimate of drug-likeness (QED) is 0.0974. The molecule has 1 aliphatic heterocycles. The first-order valence-electron chi connectivity index (χ1n) is 17.7. The van der Waals surface area contributed by atoms with Gasteiger partial charge in [0.25, 0.3) is 0 Å². The molecule has 0 aromatic rings. The van der Waals surface area contributed by atoms with Gasteiger partial charge < -0.3 is 13.6 Å². The van der Waals surface area contributed by atoms with Gasteiger partial charge in [-0.25, -0.2) is 0 Å². The molecule has 0 aromatic carbocycles. The van der Waals surface area contributed by atoms with Gasteiger partial charge in [0.1, 0.15) is 0 Å². The van der Waals surface area contributed by atoms with Gasteiger partial charge in [-0.15, -0.1) is 0 Å². The molecule has 0 bridgehead atoms. The highest BCUT2D eigenvalue weighted by Gasteiger charge is 2.53. The summed E-state index contributed by atoms with van der Waals surface area (Å²) in [6.45, 7) is 30.8. The van der Waals surface area contributed by atoms with Crippen LogP contribution >= 0.6 is 0 Å². The van der Waals surface area contributed by atoms with E-state index in [2.05, 4.69) is 96.1 Å². The molecule has 0 unspecified atom stereocenters. The third-order valence-corrected chi connectivity index (χ3v) is 20.3. The third-order valence-electron chi connectivity index (χ3n) is 11.0. The summed E-state index contributed by atoms with van der Waals surface area (Å²) >= 11 is 0. The van der Waals surface area contributed by atoms with E-state index >= 15 is 0 Å². The molecule has 0 saturated carbocycles. The summed E-state index contributed by atoms with van der Waals surface area (Å²) in [5, 5.41) is 0. The smallest absolute Gasteiger partial charge is 0.192 e. The highest BCUT2D eigenvalue weighted by Crippen LogP contribution is 2.47. The molecule has 1 heterocycles. The van der Waals surface area contributed by atoms with Crippen molar-refractivity contribution in [1.29, 1.82) is 0 Å². The van der Waals surface area contributed by atoms with Gasteiger partial charge in [0.05, 0.1) is 23.9 Å². The van der Waals surface area contributed by atoms with Crippen LogP contribution in [0, 0.1) is 17.8 Å². The normalized spacial score (nSPS) is 25.7. The molecule has 0 N–H and O–H groups in total. The van der Waals surface area contributed by atoms with Crippen molar-refractivity contribution in [3.63, 3.8) is 0 Å². The SMILES string of the molecule is CCC/C=C(\CC)C[C@@H](C)[C@@H](O[Si](CC)(CC)CC)[C@]1(C)C[C@H](C)[C@@H]([C@H](CC)[C@@H](CC)O[Si](CC)(CC)CC)O1. The van der Waals surface area contributed by atoms with Gasteiger partial charge in [0.2, 0.25) is 0 Å². The molecular formula is C35H72O3Si2. The predicted molar refractivity (Wildman–Crippen MR) is 182 cm³/mol. The Hall–Kier alpha value is 0.0538. The molecule has 0 aliphatic carbocycles. The molecule has 1 saturated heterocycles. The van der Waals surface area contributed by atoms with Crippen LogP contribution in [0.2, 0.25) is 36.3 Å². The van der Waals surface area contributed by atoms with Gasteiger partial charge in [0, 0.05) is 5.92 Å². The van der Waals surface area contributed by atoms with E-state index in [0.717, 1.165) is 32.1 Å². The molecular weight excluding hydrogens is 525 g/mol. The van der Waals surface area contributed by atoms with E-state index in [-0.39, 0.29) is 17.8 Å². The van der Waals surface area contributed by atoms with Gasteiger partial charge in [-0.2, -0.15) is 0 Å². The van der Waals surface area contributed by atoms with Crippen LogP contribution < -0.4 is 0 Å². The topological polar surface area (TPSA) is 27.7 Å². The van der Waals surface area contributed by atoms with E-state index in [0.29, 0.717) is 23.9 Å².